The highest BCUT2D eigenvalue weighted by atomic mass is 15.3. The quantitative estimate of drug-likeness (QED) is 0.495. The molecule has 3 heteroatoms. The highest BCUT2D eigenvalue weighted by Gasteiger charge is 2.13. The van der Waals surface area contributed by atoms with Gasteiger partial charge < -0.3 is 14.7 Å². The van der Waals surface area contributed by atoms with Crippen molar-refractivity contribution < 1.29 is 0 Å². The van der Waals surface area contributed by atoms with Gasteiger partial charge in [-0.15, -0.1) is 0 Å². The van der Waals surface area contributed by atoms with Crippen molar-refractivity contribution >= 4 is 0 Å². The first-order valence-electron chi connectivity index (χ1n) is 8.66. The Bertz CT molecular complexity index is 270. The number of hydrogen-bond acceptors (Lipinski definition) is 3. The third kappa shape index (κ3) is 8.90. The Balaban J connectivity index is 4.20. The van der Waals surface area contributed by atoms with Crippen LogP contribution in [0.15, 0.2) is 11.5 Å². The topological polar surface area (TPSA) is 9.72 Å². The molecule has 0 aromatic rings. The fourth-order valence-corrected chi connectivity index (χ4v) is 2.88. The maximum atomic E-state index is 2.28. The van der Waals surface area contributed by atoms with E-state index in [1.165, 1.54) is 69.3 Å². The van der Waals surface area contributed by atoms with Crippen LogP contribution in [-0.2, 0) is 0 Å². The molecular weight excluding hydrogens is 258 g/mol. The van der Waals surface area contributed by atoms with Crippen molar-refractivity contribution in [3.8, 4) is 0 Å². The third-order valence-corrected chi connectivity index (χ3v) is 3.91. The number of rotatable bonds is 12. The summed E-state index contributed by atoms with van der Waals surface area (Å²) in [6.07, 6.45) is 12.2. The molecule has 0 rings (SSSR count). The third-order valence-electron chi connectivity index (χ3n) is 3.91. The van der Waals surface area contributed by atoms with Gasteiger partial charge >= 0.3 is 0 Å². The standard InChI is InChI=1S/C18H39N3/c1-8-9-10-11-12-13-14-15-16-17(19(2)3)18(20(4)5)21(6)7/h8-16H2,1-7H3. The normalized spacial score (nSPS) is 10.4. The Hall–Kier alpha value is -0.860. The largest absolute Gasteiger partial charge is 0.378 e. The predicted octanol–water partition coefficient (Wildman–Crippen LogP) is 4.37. The lowest BCUT2D eigenvalue weighted by molar-refractivity contribution is 0.305. The molecule has 0 aliphatic carbocycles. The summed E-state index contributed by atoms with van der Waals surface area (Å²) in [4.78, 5) is 6.72. The summed E-state index contributed by atoms with van der Waals surface area (Å²) in [6.45, 7) is 2.28. The van der Waals surface area contributed by atoms with Gasteiger partial charge in [0.15, 0.2) is 0 Å². The first kappa shape index (κ1) is 20.1. The minimum atomic E-state index is 1.17. The van der Waals surface area contributed by atoms with E-state index in [2.05, 4.69) is 63.9 Å². The van der Waals surface area contributed by atoms with E-state index < -0.39 is 0 Å². The van der Waals surface area contributed by atoms with E-state index in [9.17, 15) is 0 Å². The lowest BCUT2D eigenvalue weighted by atomic mass is 10.1. The van der Waals surface area contributed by atoms with Crippen LogP contribution in [0.3, 0.4) is 0 Å². The van der Waals surface area contributed by atoms with Crippen LogP contribution in [0.4, 0.5) is 0 Å². The number of allylic oxidation sites excluding steroid dienone is 1. The van der Waals surface area contributed by atoms with Crippen LogP contribution in [0.1, 0.15) is 64.7 Å². The summed E-state index contributed by atoms with van der Waals surface area (Å²) in [7, 11) is 12.8. The number of unbranched alkanes of at least 4 members (excludes halogenated alkanes) is 7. The van der Waals surface area contributed by atoms with Crippen molar-refractivity contribution in [2.24, 2.45) is 0 Å². The van der Waals surface area contributed by atoms with Gasteiger partial charge in [0.1, 0.15) is 5.82 Å². The van der Waals surface area contributed by atoms with Gasteiger partial charge in [-0.1, -0.05) is 51.9 Å². The van der Waals surface area contributed by atoms with Crippen molar-refractivity contribution in [2.45, 2.75) is 64.7 Å². The summed E-state index contributed by atoms with van der Waals surface area (Å²) in [5, 5.41) is 0. The Morgan fingerprint density at radius 1 is 0.571 bits per heavy atom. The zero-order chi connectivity index (χ0) is 16.3. The first-order valence-corrected chi connectivity index (χ1v) is 8.66. The van der Waals surface area contributed by atoms with Crippen molar-refractivity contribution in [2.75, 3.05) is 42.3 Å². The molecule has 126 valence electrons. The lowest BCUT2D eigenvalue weighted by Gasteiger charge is -2.31. The summed E-state index contributed by atoms with van der Waals surface area (Å²) >= 11 is 0. The van der Waals surface area contributed by atoms with Gasteiger partial charge in [-0.05, 0) is 12.8 Å². The smallest absolute Gasteiger partial charge is 0.123 e. The highest BCUT2D eigenvalue weighted by Crippen LogP contribution is 2.19. The van der Waals surface area contributed by atoms with Gasteiger partial charge in [0, 0.05) is 42.3 Å². The number of hydrogen-bond donors (Lipinski definition) is 0. The van der Waals surface area contributed by atoms with E-state index in [0.29, 0.717) is 0 Å². The van der Waals surface area contributed by atoms with Crippen LogP contribution >= 0.6 is 0 Å². The van der Waals surface area contributed by atoms with Crippen LogP contribution in [0.25, 0.3) is 0 Å². The maximum Gasteiger partial charge on any atom is 0.123 e. The molecule has 0 radical (unpaired) electrons. The van der Waals surface area contributed by atoms with Gasteiger partial charge in [0.25, 0.3) is 0 Å². The molecule has 0 saturated carbocycles. The van der Waals surface area contributed by atoms with Crippen LogP contribution in [0.5, 0.6) is 0 Å². The van der Waals surface area contributed by atoms with Crippen LogP contribution < -0.4 is 0 Å². The van der Waals surface area contributed by atoms with E-state index in [0.717, 1.165) is 0 Å². The van der Waals surface area contributed by atoms with E-state index in [1.807, 2.05) is 0 Å². The molecule has 0 amide bonds. The first-order chi connectivity index (χ1) is 9.91. The second-order valence-corrected chi connectivity index (χ2v) is 6.68. The molecule has 0 heterocycles. The second-order valence-electron chi connectivity index (χ2n) is 6.68. The molecular formula is C18H39N3. The fourth-order valence-electron chi connectivity index (χ4n) is 2.88. The van der Waals surface area contributed by atoms with Crippen LogP contribution in [-0.4, -0.2) is 57.0 Å². The average molecular weight is 298 g/mol. The van der Waals surface area contributed by atoms with Gasteiger partial charge in [-0.25, -0.2) is 0 Å². The van der Waals surface area contributed by atoms with Crippen molar-refractivity contribution in [3.63, 3.8) is 0 Å². The summed E-state index contributed by atoms with van der Waals surface area (Å²) < 4.78 is 0. The van der Waals surface area contributed by atoms with Crippen molar-refractivity contribution in [3.05, 3.63) is 11.5 Å². The van der Waals surface area contributed by atoms with E-state index in [4.69, 9.17) is 0 Å². The molecule has 0 aliphatic rings. The Kier molecular flexibility index (Phi) is 11.3. The fraction of sp³-hybridized carbons (Fsp3) is 0.889. The Morgan fingerprint density at radius 3 is 1.38 bits per heavy atom. The van der Waals surface area contributed by atoms with Crippen LogP contribution in [0.2, 0.25) is 0 Å². The minimum Gasteiger partial charge on any atom is -0.378 e. The predicted molar refractivity (Wildman–Crippen MR) is 95.3 cm³/mol. The molecule has 0 aromatic heterocycles. The molecule has 21 heavy (non-hydrogen) atoms. The highest BCUT2D eigenvalue weighted by molar-refractivity contribution is 5.09. The van der Waals surface area contributed by atoms with E-state index in [1.54, 1.807) is 0 Å². The molecule has 0 atom stereocenters. The maximum absolute atomic E-state index is 2.28. The van der Waals surface area contributed by atoms with Crippen molar-refractivity contribution in [1.29, 1.82) is 0 Å². The summed E-state index contributed by atoms with van der Waals surface area (Å²) in [5.41, 5.74) is 1.44. The van der Waals surface area contributed by atoms with Crippen LogP contribution in [0, 0.1) is 0 Å². The molecule has 0 aliphatic heterocycles. The van der Waals surface area contributed by atoms with Gasteiger partial charge in [0.05, 0.1) is 5.70 Å². The molecule has 0 fully saturated rings. The monoisotopic (exact) mass is 297 g/mol. The minimum absolute atomic E-state index is 1.17. The van der Waals surface area contributed by atoms with Gasteiger partial charge in [-0.2, -0.15) is 0 Å². The summed E-state index contributed by atoms with van der Waals surface area (Å²) in [6, 6.07) is 0. The molecule has 0 bridgehead atoms. The zero-order valence-corrected chi connectivity index (χ0v) is 15.7. The van der Waals surface area contributed by atoms with Gasteiger partial charge in [-0.3, -0.25) is 0 Å². The molecule has 0 spiro atoms. The van der Waals surface area contributed by atoms with E-state index >= 15 is 0 Å². The van der Waals surface area contributed by atoms with Crippen molar-refractivity contribution in [1.82, 2.24) is 14.7 Å². The number of nitrogens with zero attached hydrogens (tertiary/aromatic N) is 3. The lowest BCUT2D eigenvalue weighted by Crippen LogP contribution is -2.30. The molecule has 0 aromatic carbocycles. The van der Waals surface area contributed by atoms with Gasteiger partial charge in [0.2, 0.25) is 0 Å². The molecule has 3 nitrogen and oxygen atoms in total. The summed E-state index contributed by atoms with van der Waals surface area (Å²) in [5.74, 6) is 1.32. The molecule has 0 N–H and O–H groups in total. The zero-order valence-electron chi connectivity index (χ0n) is 15.7. The second kappa shape index (κ2) is 11.8. The Morgan fingerprint density at radius 2 is 1.00 bits per heavy atom. The average Bonchev–Trinajstić information content (AvgIpc) is 2.39. The van der Waals surface area contributed by atoms with E-state index in [-0.39, 0.29) is 0 Å². The SMILES string of the molecule is CCCCCCCCCCC(=C(N(C)C)N(C)C)N(C)C. The molecule has 0 unspecified atom stereocenters. The Labute approximate surface area is 134 Å². The molecule has 0 saturated heterocycles.